The first-order valence-corrected chi connectivity index (χ1v) is 8.31. The Kier molecular flexibility index (Phi) is 6.31. The zero-order chi connectivity index (χ0) is 13.5. The van der Waals surface area contributed by atoms with Crippen molar-refractivity contribution in [2.45, 2.75) is 38.8 Å². The van der Waals surface area contributed by atoms with Crippen LogP contribution in [0.1, 0.15) is 25.1 Å². The average molecular weight is 282 g/mol. The Morgan fingerprint density at radius 2 is 2.42 bits per heavy atom. The molecule has 0 amide bonds. The molecule has 1 N–H and O–H groups in total. The Bertz CT molecular complexity index is 342. The van der Waals surface area contributed by atoms with Gasteiger partial charge in [-0.2, -0.15) is 0 Å². The first-order chi connectivity index (χ1) is 9.33. The molecule has 0 aliphatic carbocycles. The van der Waals surface area contributed by atoms with E-state index in [0.29, 0.717) is 12.1 Å². The van der Waals surface area contributed by atoms with Gasteiger partial charge in [0.25, 0.3) is 0 Å². The monoisotopic (exact) mass is 282 g/mol. The summed E-state index contributed by atoms with van der Waals surface area (Å²) >= 11 is 1.86. The lowest BCUT2D eigenvalue weighted by molar-refractivity contribution is -0.0458. The summed E-state index contributed by atoms with van der Waals surface area (Å²) in [4.78, 5) is 3.97. The third kappa shape index (κ3) is 4.56. The van der Waals surface area contributed by atoms with Crippen LogP contribution in [-0.2, 0) is 11.2 Å². The van der Waals surface area contributed by atoms with Gasteiger partial charge in [-0.3, -0.25) is 4.90 Å². The van der Waals surface area contributed by atoms with Crippen LogP contribution >= 0.6 is 11.3 Å². The average Bonchev–Trinajstić information content (AvgIpc) is 2.97. The molecule has 0 spiro atoms. The lowest BCUT2D eigenvalue weighted by Gasteiger charge is -2.37. The van der Waals surface area contributed by atoms with Crippen LogP contribution < -0.4 is 5.32 Å². The van der Waals surface area contributed by atoms with Gasteiger partial charge in [0.2, 0.25) is 0 Å². The highest BCUT2D eigenvalue weighted by molar-refractivity contribution is 7.09. The molecule has 1 aliphatic rings. The van der Waals surface area contributed by atoms with Crippen LogP contribution in [0.5, 0.6) is 0 Å². The molecule has 2 rings (SSSR count). The van der Waals surface area contributed by atoms with E-state index in [0.717, 1.165) is 45.6 Å². The number of hydrogen-bond donors (Lipinski definition) is 1. The number of ether oxygens (including phenoxy) is 1. The van der Waals surface area contributed by atoms with Crippen LogP contribution in [0.4, 0.5) is 0 Å². The van der Waals surface area contributed by atoms with Crippen molar-refractivity contribution in [2.75, 3.05) is 32.8 Å². The summed E-state index contributed by atoms with van der Waals surface area (Å²) in [6.07, 6.45) is 2.66. The topological polar surface area (TPSA) is 24.5 Å². The Balaban J connectivity index is 1.87. The summed E-state index contributed by atoms with van der Waals surface area (Å²) in [5.74, 6) is 0. The molecule has 1 aromatic heterocycles. The molecule has 3 nitrogen and oxygen atoms in total. The molecule has 2 atom stereocenters. The van der Waals surface area contributed by atoms with Crippen LogP contribution in [0.3, 0.4) is 0 Å². The summed E-state index contributed by atoms with van der Waals surface area (Å²) in [6, 6.07) is 4.84. The summed E-state index contributed by atoms with van der Waals surface area (Å²) in [5.41, 5.74) is 0. The molecule has 1 aromatic rings. The molecule has 4 heteroatoms. The molecule has 19 heavy (non-hydrogen) atoms. The van der Waals surface area contributed by atoms with E-state index in [9.17, 15) is 0 Å². The maximum Gasteiger partial charge on any atom is 0.0855 e. The van der Waals surface area contributed by atoms with E-state index in [1.165, 1.54) is 4.88 Å². The van der Waals surface area contributed by atoms with Gasteiger partial charge in [0.1, 0.15) is 0 Å². The molecular weight excluding hydrogens is 256 g/mol. The Labute approximate surface area is 121 Å². The van der Waals surface area contributed by atoms with Crippen molar-refractivity contribution in [3.05, 3.63) is 22.4 Å². The van der Waals surface area contributed by atoms with Gasteiger partial charge in [-0.15, -0.1) is 11.3 Å². The minimum absolute atomic E-state index is 0.341. The highest BCUT2D eigenvalue weighted by Crippen LogP contribution is 2.16. The third-order valence-corrected chi connectivity index (χ3v) is 4.76. The quantitative estimate of drug-likeness (QED) is 0.831. The molecule has 0 saturated carbocycles. The molecule has 1 saturated heterocycles. The van der Waals surface area contributed by atoms with Gasteiger partial charge >= 0.3 is 0 Å². The number of nitrogens with zero attached hydrogens (tertiary/aromatic N) is 1. The molecule has 0 bridgehead atoms. The number of likely N-dealkylation sites (N-methyl/N-ethyl adjacent to an activating group) is 2. The van der Waals surface area contributed by atoms with Crippen molar-refractivity contribution in [3.63, 3.8) is 0 Å². The van der Waals surface area contributed by atoms with Crippen molar-refractivity contribution < 1.29 is 4.74 Å². The van der Waals surface area contributed by atoms with Crippen LogP contribution in [0, 0.1) is 0 Å². The van der Waals surface area contributed by atoms with Gasteiger partial charge in [0.05, 0.1) is 12.7 Å². The highest BCUT2D eigenvalue weighted by Gasteiger charge is 2.26. The molecule has 2 unspecified atom stereocenters. The van der Waals surface area contributed by atoms with Crippen LogP contribution in [0.2, 0.25) is 0 Å². The molecule has 0 radical (unpaired) electrons. The predicted octanol–water partition coefficient (Wildman–Crippen LogP) is 2.38. The fourth-order valence-electron chi connectivity index (χ4n) is 2.70. The predicted molar refractivity (Wildman–Crippen MR) is 82.0 cm³/mol. The summed E-state index contributed by atoms with van der Waals surface area (Å²) < 4.78 is 5.99. The van der Waals surface area contributed by atoms with Gasteiger partial charge in [-0.25, -0.2) is 0 Å². The van der Waals surface area contributed by atoms with E-state index < -0.39 is 0 Å². The summed E-state index contributed by atoms with van der Waals surface area (Å²) in [6.45, 7) is 9.58. The molecule has 0 aromatic carbocycles. The molecule has 2 heterocycles. The maximum atomic E-state index is 5.99. The SMILES string of the molecule is CCNC(CCc1cccs1)C1CN(CC)CCO1. The molecule has 1 fully saturated rings. The Hall–Kier alpha value is -0.420. The van der Waals surface area contributed by atoms with Gasteiger partial charge in [-0.05, 0) is 37.4 Å². The molecular formula is C15H26N2OS. The Morgan fingerprint density at radius 3 is 3.11 bits per heavy atom. The summed E-state index contributed by atoms with van der Waals surface area (Å²) in [5, 5.41) is 5.77. The van der Waals surface area contributed by atoms with Crippen molar-refractivity contribution >= 4 is 11.3 Å². The zero-order valence-electron chi connectivity index (χ0n) is 12.1. The largest absolute Gasteiger partial charge is 0.374 e. The van der Waals surface area contributed by atoms with E-state index in [1.54, 1.807) is 0 Å². The van der Waals surface area contributed by atoms with Crippen LogP contribution in [0.25, 0.3) is 0 Å². The lowest BCUT2D eigenvalue weighted by atomic mass is 10.0. The zero-order valence-corrected chi connectivity index (χ0v) is 12.9. The van der Waals surface area contributed by atoms with Crippen LogP contribution in [0.15, 0.2) is 17.5 Å². The number of nitrogens with one attached hydrogen (secondary N) is 1. The van der Waals surface area contributed by atoms with Crippen molar-refractivity contribution in [2.24, 2.45) is 0 Å². The van der Waals surface area contributed by atoms with Gasteiger partial charge in [0.15, 0.2) is 0 Å². The first-order valence-electron chi connectivity index (χ1n) is 7.43. The van der Waals surface area contributed by atoms with Gasteiger partial charge in [0, 0.05) is 24.0 Å². The second-order valence-electron chi connectivity index (χ2n) is 5.08. The second kappa shape index (κ2) is 8.00. The van der Waals surface area contributed by atoms with Gasteiger partial charge < -0.3 is 10.1 Å². The van der Waals surface area contributed by atoms with E-state index in [4.69, 9.17) is 4.74 Å². The van der Waals surface area contributed by atoms with E-state index >= 15 is 0 Å². The second-order valence-corrected chi connectivity index (χ2v) is 6.12. The fourth-order valence-corrected chi connectivity index (χ4v) is 3.42. The van der Waals surface area contributed by atoms with Crippen molar-refractivity contribution in [1.29, 1.82) is 0 Å². The number of aryl methyl sites for hydroxylation is 1. The Morgan fingerprint density at radius 1 is 1.53 bits per heavy atom. The lowest BCUT2D eigenvalue weighted by Crippen LogP contribution is -2.52. The smallest absolute Gasteiger partial charge is 0.0855 e. The molecule has 108 valence electrons. The molecule has 1 aliphatic heterocycles. The summed E-state index contributed by atoms with van der Waals surface area (Å²) in [7, 11) is 0. The fraction of sp³-hybridized carbons (Fsp3) is 0.733. The van der Waals surface area contributed by atoms with E-state index in [2.05, 4.69) is 41.6 Å². The number of rotatable bonds is 7. The number of morpholine rings is 1. The minimum atomic E-state index is 0.341. The normalized spacial score (nSPS) is 22.5. The van der Waals surface area contributed by atoms with Crippen molar-refractivity contribution in [1.82, 2.24) is 10.2 Å². The third-order valence-electron chi connectivity index (χ3n) is 3.82. The van der Waals surface area contributed by atoms with Gasteiger partial charge in [-0.1, -0.05) is 19.9 Å². The maximum absolute atomic E-state index is 5.99. The van der Waals surface area contributed by atoms with Crippen LogP contribution in [-0.4, -0.2) is 49.8 Å². The van der Waals surface area contributed by atoms with E-state index in [1.807, 2.05) is 11.3 Å². The highest BCUT2D eigenvalue weighted by atomic mass is 32.1. The number of hydrogen-bond acceptors (Lipinski definition) is 4. The van der Waals surface area contributed by atoms with Crippen molar-refractivity contribution in [3.8, 4) is 0 Å². The standard InChI is InChI=1S/C15H26N2OS/c1-3-16-14(8-7-13-6-5-11-19-13)15-12-17(4-2)9-10-18-15/h5-6,11,14-16H,3-4,7-10,12H2,1-2H3. The first kappa shape index (κ1) is 15.0. The minimum Gasteiger partial charge on any atom is -0.374 e. The van der Waals surface area contributed by atoms with E-state index in [-0.39, 0.29) is 0 Å². The number of thiophene rings is 1.